The molecular weight excluding hydrogens is 274 g/mol. The number of nitrogens with zero attached hydrogens (tertiary/aromatic N) is 3. The van der Waals surface area contributed by atoms with Crippen molar-refractivity contribution < 1.29 is 9.90 Å². The van der Waals surface area contributed by atoms with Crippen molar-refractivity contribution in [3.05, 3.63) is 5.82 Å². The number of aromatic nitrogens is 3. The molecule has 112 valence electrons. The number of hydrogen-bond donors (Lipinski definition) is 1. The molecule has 3 atom stereocenters. The Bertz CT molecular complexity index is 487. The third kappa shape index (κ3) is 3.00. The summed E-state index contributed by atoms with van der Waals surface area (Å²) in [5.74, 6) is 1.76. The monoisotopic (exact) mass is 297 g/mol. The van der Waals surface area contributed by atoms with Crippen molar-refractivity contribution in [3.63, 3.8) is 0 Å². The van der Waals surface area contributed by atoms with E-state index in [0.717, 1.165) is 17.4 Å². The fourth-order valence-electron chi connectivity index (χ4n) is 2.92. The molecule has 1 saturated carbocycles. The number of rotatable bonds is 5. The van der Waals surface area contributed by atoms with Crippen molar-refractivity contribution in [2.45, 2.75) is 57.7 Å². The molecule has 1 fully saturated rings. The van der Waals surface area contributed by atoms with Gasteiger partial charge in [-0.25, -0.2) is 0 Å². The smallest absolute Gasteiger partial charge is 0.313 e. The Morgan fingerprint density at radius 2 is 2.10 bits per heavy atom. The Kier molecular flexibility index (Phi) is 4.73. The first-order chi connectivity index (χ1) is 9.41. The molecule has 0 spiro atoms. The number of carbonyl (C=O) groups is 1. The lowest BCUT2D eigenvalue weighted by atomic mass is 9.97. The van der Waals surface area contributed by atoms with Gasteiger partial charge >= 0.3 is 5.97 Å². The van der Waals surface area contributed by atoms with Gasteiger partial charge in [-0.05, 0) is 24.7 Å². The number of carboxylic acids is 1. The van der Waals surface area contributed by atoms with Crippen LogP contribution >= 0.6 is 11.8 Å². The summed E-state index contributed by atoms with van der Waals surface area (Å²) in [5.41, 5.74) is 0. The van der Waals surface area contributed by atoms with Gasteiger partial charge in [-0.1, -0.05) is 39.5 Å². The third-order valence-corrected chi connectivity index (χ3v) is 5.21. The predicted molar refractivity (Wildman–Crippen MR) is 79.1 cm³/mol. The number of thioether (sulfide) groups is 1. The zero-order valence-corrected chi connectivity index (χ0v) is 13.4. The summed E-state index contributed by atoms with van der Waals surface area (Å²) >= 11 is 1.27. The summed E-state index contributed by atoms with van der Waals surface area (Å²) in [7, 11) is 0. The SMILES string of the molecule is CC(C)c1nnc(SCC(=O)O)n1C1CCC(C)C1C. The molecule has 0 amide bonds. The largest absolute Gasteiger partial charge is 0.481 e. The molecule has 0 bridgehead atoms. The molecule has 1 N–H and O–H groups in total. The highest BCUT2D eigenvalue weighted by molar-refractivity contribution is 7.99. The summed E-state index contributed by atoms with van der Waals surface area (Å²) in [4.78, 5) is 10.8. The first-order valence-corrected chi connectivity index (χ1v) is 8.19. The molecule has 6 heteroatoms. The van der Waals surface area contributed by atoms with Crippen LogP contribution < -0.4 is 0 Å². The van der Waals surface area contributed by atoms with Gasteiger partial charge in [0.05, 0.1) is 5.75 Å². The average molecular weight is 297 g/mol. The van der Waals surface area contributed by atoms with Crippen LogP contribution in [0.5, 0.6) is 0 Å². The third-order valence-electron chi connectivity index (χ3n) is 4.29. The van der Waals surface area contributed by atoms with Crippen molar-refractivity contribution >= 4 is 17.7 Å². The molecule has 0 radical (unpaired) electrons. The van der Waals surface area contributed by atoms with E-state index in [0.29, 0.717) is 23.8 Å². The van der Waals surface area contributed by atoms with E-state index in [4.69, 9.17) is 5.11 Å². The van der Waals surface area contributed by atoms with Crippen molar-refractivity contribution in [1.29, 1.82) is 0 Å². The molecule has 1 aromatic heterocycles. The quantitative estimate of drug-likeness (QED) is 0.845. The van der Waals surface area contributed by atoms with Crippen LogP contribution in [0.3, 0.4) is 0 Å². The standard InChI is InChI=1S/C14H23N3O2S/c1-8(2)13-15-16-14(20-7-12(18)19)17(13)11-6-5-9(3)10(11)4/h8-11H,5-7H2,1-4H3,(H,18,19). The van der Waals surface area contributed by atoms with Crippen LogP contribution in [0, 0.1) is 11.8 Å². The molecule has 3 unspecified atom stereocenters. The Morgan fingerprint density at radius 3 is 2.60 bits per heavy atom. The summed E-state index contributed by atoms with van der Waals surface area (Å²) in [6.07, 6.45) is 2.34. The lowest BCUT2D eigenvalue weighted by Crippen LogP contribution is -2.19. The van der Waals surface area contributed by atoms with Crippen LogP contribution in [0.15, 0.2) is 5.16 Å². The van der Waals surface area contributed by atoms with Crippen LogP contribution in [0.4, 0.5) is 0 Å². The normalized spacial score (nSPS) is 26.4. The first kappa shape index (κ1) is 15.4. The molecule has 5 nitrogen and oxygen atoms in total. The van der Waals surface area contributed by atoms with E-state index in [1.807, 2.05) is 0 Å². The molecule has 1 aromatic rings. The number of hydrogen-bond acceptors (Lipinski definition) is 4. The van der Waals surface area contributed by atoms with Crippen LogP contribution in [-0.2, 0) is 4.79 Å². The maximum absolute atomic E-state index is 10.8. The van der Waals surface area contributed by atoms with Crippen molar-refractivity contribution in [3.8, 4) is 0 Å². The van der Waals surface area contributed by atoms with Gasteiger partial charge < -0.3 is 9.67 Å². The summed E-state index contributed by atoms with van der Waals surface area (Å²) < 4.78 is 2.20. The zero-order valence-electron chi connectivity index (χ0n) is 12.5. The second kappa shape index (κ2) is 6.16. The fraction of sp³-hybridized carbons (Fsp3) is 0.786. The van der Waals surface area contributed by atoms with Gasteiger partial charge in [0.25, 0.3) is 0 Å². The Labute approximate surface area is 124 Å². The lowest BCUT2D eigenvalue weighted by Gasteiger charge is -2.23. The molecule has 0 aromatic carbocycles. The summed E-state index contributed by atoms with van der Waals surface area (Å²) in [5, 5.41) is 18.1. The van der Waals surface area contributed by atoms with Gasteiger partial charge in [0, 0.05) is 12.0 Å². The van der Waals surface area contributed by atoms with Crippen LogP contribution in [0.2, 0.25) is 0 Å². The topological polar surface area (TPSA) is 68.0 Å². The molecule has 1 aliphatic carbocycles. The second-order valence-electron chi connectivity index (χ2n) is 6.03. The highest BCUT2D eigenvalue weighted by Crippen LogP contribution is 2.42. The molecule has 2 rings (SSSR count). The Hall–Kier alpha value is -1.04. The lowest BCUT2D eigenvalue weighted by molar-refractivity contribution is -0.133. The highest BCUT2D eigenvalue weighted by atomic mass is 32.2. The van der Waals surface area contributed by atoms with E-state index in [1.54, 1.807) is 0 Å². The van der Waals surface area contributed by atoms with Gasteiger partial charge in [0.1, 0.15) is 5.82 Å². The summed E-state index contributed by atoms with van der Waals surface area (Å²) in [6.45, 7) is 8.77. The van der Waals surface area contributed by atoms with Crippen molar-refractivity contribution in [2.75, 3.05) is 5.75 Å². The molecule has 20 heavy (non-hydrogen) atoms. The molecule has 0 aliphatic heterocycles. The fourth-order valence-corrected chi connectivity index (χ4v) is 3.64. The number of carboxylic acid groups (broad SMARTS) is 1. The minimum atomic E-state index is -0.816. The minimum absolute atomic E-state index is 0.0346. The Balaban J connectivity index is 2.32. The predicted octanol–water partition coefficient (Wildman–Crippen LogP) is 3.19. The second-order valence-corrected chi connectivity index (χ2v) is 6.97. The van der Waals surface area contributed by atoms with E-state index >= 15 is 0 Å². The maximum Gasteiger partial charge on any atom is 0.313 e. The maximum atomic E-state index is 10.8. The van der Waals surface area contributed by atoms with Crippen LogP contribution in [-0.4, -0.2) is 31.6 Å². The molecule has 0 saturated heterocycles. The average Bonchev–Trinajstić information content (AvgIpc) is 2.92. The van der Waals surface area contributed by atoms with Gasteiger partial charge in [0.2, 0.25) is 0 Å². The van der Waals surface area contributed by atoms with Crippen LogP contribution in [0.25, 0.3) is 0 Å². The van der Waals surface area contributed by atoms with E-state index in [1.165, 1.54) is 18.2 Å². The van der Waals surface area contributed by atoms with E-state index < -0.39 is 5.97 Å². The van der Waals surface area contributed by atoms with Crippen LogP contribution in [0.1, 0.15) is 58.3 Å². The molecule has 1 heterocycles. The van der Waals surface area contributed by atoms with Gasteiger partial charge in [-0.15, -0.1) is 10.2 Å². The van der Waals surface area contributed by atoms with Crippen molar-refractivity contribution in [2.24, 2.45) is 11.8 Å². The first-order valence-electron chi connectivity index (χ1n) is 7.21. The minimum Gasteiger partial charge on any atom is -0.481 e. The Morgan fingerprint density at radius 1 is 1.40 bits per heavy atom. The van der Waals surface area contributed by atoms with Crippen molar-refractivity contribution in [1.82, 2.24) is 14.8 Å². The van der Waals surface area contributed by atoms with Gasteiger partial charge in [0.15, 0.2) is 5.16 Å². The molecule has 1 aliphatic rings. The highest BCUT2D eigenvalue weighted by Gasteiger charge is 2.34. The van der Waals surface area contributed by atoms with Gasteiger partial charge in [-0.3, -0.25) is 4.79 Å². The van der Waals surface area contributed by atoms with E-state index in [9.17, 15) is 4.79 Å². The molecular formula is C14H23N3O2S. The van der Waals surface area contributed by atoms with Gasteiger partial charge in [-0.2, -0.15) is 0 Å². The summed E-state index contributed by atoms with van der Waals surface area (Å²) in [6, 6.07) is 0.397. The number of aliphatic carboxylic acids is 1. The van der Waals surface area contributed by atoms with E-state index in [-0.39, 0.29) is 5.75 Å². The van der Waals surface area contributed by atoms with E-state index in [2.05, 4.69) is 42.5 Å². The zero-order chi connectivity index (χ0) is 14.9.